The molecule has 4 N–H and O–H groups in total. The van der Waals surface area contributed by atoms with Crippen LogP contribution in [-0.4, -0.2) is 20.2 Å². The van der Waals surface area contributed by atoms with Gasteiger partial charge in [-0.05, 0) is 68.1 Å². The molecule has 1 aliphatic carbocycles. The summed E-state index contributed by atoms with van der Waals surface area (Å²) >= 11 is 0. The van der Waals surface area contributed by atoms with E-state index < -0.39 is 15.9 Å². The highest BCUT2D eigenvalue weighted by molar-refractivity contribution is 7.89. The Balaban J connectivity index is 1.77. The van der Waals surface area contributed by atoms with E-state index in [9.17, 15) is 18.0 Å². The number of carbonyl (C=O) groups is 2. The van der Waals surface area contributed by atoms with Gasteiger partial charge in [0, 0.05) is 22.9 Å². The number of hydrogen-bond donors (Lipinski definition) is 3. The summed E-state index contributed by atoms with van der Waals surface area (Å²) in [4.78, 5) is 25.2. The molecule has 30 heavy (non-hydrogen) atoms. The molecule has 2 aromatic carbocycles. The van der Waals surface area contributed by atoms with Crippen molar-refractivity contribution in [2.45, 2.75) is 50.8 Å². The molecule has 0 radical (unpaired) electrons. The van der Waals surface area contributed by atoms with Crippen molar-refractivity contribution in [2.75, 3.05) is 10.6 Å². The number of benzene rings is 2. The van der Waals surface area contributed by atoms with Crippen molar-refractivity contribution in [1.29, 1.82) is 0 Å². The summed E-state index contributed by atoms with van der Waals surface area (Å²) in [6.45, 7) is 3.54. The van der Waals surface area contributed by atoms with Crippen LogP contribution in [0.15, 0.2) is 41.3 Å². The molecule has 7 nitrogen and oxygen atoms in total. The number of sulfonamides is 1. The number of nitrogens with two attached hydrogens (primary N) is 1. The second kappa shape index (κ2) is 8.97. The summed E-state index contributed by atoms with van der Waals surface area (Å²) in [5.74, 6) is -0.403. The number of carbonyl (C=O) groups excluding carboxylic acids is 2. The third-order valence-corrected chi connectivity index (χ3v) is 6.48. The second-order valence-electron chi connectivity index (χ2n) is 7.82. The predicted octanol–water partition coefficient (Wildman–Crippen LogP) is 3.72. The molecule has 160 valence electrons. The molecular formula is C22H27N3O4S. The summed E-state index contributed by atoms with van der Waals surface area (Å²) in [5.41, 5.74) is 2.74. The molecule has 0 atom stereocenters. The van der Waals surface area contributed by atoms with E-state index in [1.807, 2.05) is 0 Å². The van der Waals surface area contributed by atoms with Crippen LogP contribution in [0.25, 0.3) is 0 Å². The first-order valence-corrected chi connectivity index (χ1v) is 11.6. The fourth-order valence-electron chi connectivity index (χ4n) is 3.66. The largest absolute Gasteiger partial charge is 0.326 e. The normalized spacial score (nSPS) is 14.9. The van der Waals surface area contributed by atoms with Crippen LogP contribution in [-0.2, 0) is 14.8 Å². The van der Waals surface area contributed by atoms with Crippen LogP contribution >= 0.6 is 0 Å². The van der Waals surface area contributed by atoms with Gasteiger partial charge in [-0.2, -0.15) is 0 Å². The highest BCUT2D eigenvalue weighted by atomic mass is 32.2. The number of rotatable bonds is 5. The minimum atomic E-state index is -3.89. The molecule has 0 heterocycles. The molecule has 0 aliphatic heterocycles. The van der Waals surface area contributed by atoms with Gasteiger partial charge >= 0.3 is 0 Å². The third-order valence-electron chi connectivity index (χ3n) is 5.59. The lowest BCUT2D eigenvalue weighted by molar-refractivity contribution is -0.120. The van der Waals surface area contributed by atoms with Gasteiger partial charge in [0.05, 0.1) is 4.90 Å². The lowest BCUT2D eigenvalue weighted by Crippen LogP contribution is -2.24. The third kappa shape index (κ3) is 5.25. The minimum absolute atomic E-state index is 0.0143. The Morgan fingerprint density at radius 2 is 1.70 bits per heavy atom. The van der Waals surface area contributed by atoms with Gasteiger partial charge in [-0.25, -0.2) is 13.6 Å². The monoisotopic (exact) mass is 429 g/mol. The summed E-state index contributed by atoms with van der Waals surface area (Å²) in [7, 11) is -3.89. The van der Waals surface area contributed by atoms with Crippen molar-refractivity contribution in [2.24, 2.45) is 11.1 Å². The molecule has 2 amide bonds. The minimum Gasteiger partial charge on any atom is -0.326 e. The first-order chi connectivity index (χ1) is 14.1. The van der Waals surface area contributed by atoms with Crippen molar-refractivity contribution < 1.29 is 18.0 Å². The molecule has 1 saturated carbocycles. The van der Waals surface area contributed by atoms with E-state index in [0.29, 0.717) is 22.5 Å². The number of primary sulfonamides is 1. The fraction of sp³-hybridized carbons (Fsp3) is 0.364. The lowest BCUT2D eigenvalue weighted by atomic mass is 9.88. The molecular weight excluding hydrogens is 402 g/mol. The van der Waals surface area contributed by atoms with Gasteiger partial charge in [0.1, 0.15) is 0 Å². The highest BCUT2D eigenvalue weighted by Crippen LogP contribution is 2.26. The van der Waals surface area contributed by atoms with E-state index in [0.717, 1.165) is 31.2 Å². The predicted molar refractivity (Wildman–Crippen MR) is 117 cm³/mol. The van der Waals surface area contributed by atoms with Gasteiger partial charge < -0.3 is 10.6 Å². The molecule has 8 heteroatoms. The van der Waals surface area contributed by atoms with Crippen LogP contribution in [0.4, 0.5) is 11.4 Å². The van der Waals surface area contributed by atoms with Gasteiger partial charge in [-0.15, -0.1) is 0 Å². The van der Waals surface area contributed by atoms with Crippen LogP contribution in [0.3, 0.4) is 0 Å². The number of amides is 2. The zero-order chi connectivity index (χ0) is 21.9. The maximum absolute atomic E-state index is 12.8. The van der Waals surface area contributed by atoms with Crippen LogP contribution in [0.5, 0.6) is 0 Å². The van der Waals surface area contributed by atoms with Crippen LogP contribution in [0, 0.1) is 19.8 Å². The van der Waals surface area contributed by atoms with E-state index in [4.69, 9.17) is 5.14 Å². The first-order valence-electron chi connectivity index (χ1n) is 10.0. The summed E-state index contributed by atoms with van der Waals surface area (Å²) < 4.78 is 23.4. The molecule has 3 rings (SSSR count). The Hall–Kier alpha value is -2.71. The van der Waals surface area contributed by atoms with Crippen LogP contribution in [0.1, 0.15) is 53.6 Å². The van der Waals surface area contributed by atoms with Crippen molar-refractivity contribution in [3.05, 3.63) is 53.1 Å². The quantitative estimate of drug-likeness (QED) is 0.671. The van der Waals surface area contributed by atoms with Crippen molar-refractivity contribution in [1.82, 2.24) is 0 Å². The molecule has 0 aromatic heterocycles. The molecule has 1 aliphatic rings. The smallest absolute Gasteiger partial charge is 0.255 e. The van der Waals surface area contributed by atoms with Gasteiger partial charge in [0.15, 0.2) is 0 Å². The number of nitrogens with one attached hydrogen (secondary N) is 2. The van der Waals surface area contributed by atoms with E-state index >= 15 is 0 Å². The molecule has 1 fully saturated rings. The second-order valence-corrected chi connectivity index (χ2v) is 9.38. The van der Waals surface area contributed by atoms with Crippen molar-refractivity contribution >= 4 is 33.2 Å². The Kier molecular flexibility index (Phi) is 6.58. The Morgan fingerprint density at radius 1 is 1.00 bits per heavy atom. The van der Waals surface area contributed by atoms with Crippen LogP contribution < -0.4 is 15.8 Å². The molecule has 0 unspecified atom stereocenters. The first kappa shape index (κ1) is 22.0. The summed E-state index contributed by atoms with van der Waals surface area (Å²) in [5, 5.41) is 10.9. The zero-order valence-electron chi connectivity index (χ0n) is 17.2. The maximum Gasteiger partial charge on any atom is 0.255 e. The molecule has 0 spiro atoms. The molecule has 0 bridgehead atoms. The number of hydrogen-bond acceptors (Lipinski definition) is 4. The maximum atomic E-state index is 12.8. The van der Waals surface area contributed by atoms with Gasteiger partial charge in [-0.3, -0.25) is 9.59 Å². The zero-order valence-corrected chi connectivity index (χ0v) is 18.0. The standard InChI is InChI=1S/C22H27N3O4S/c1-14-11-19(30(23,28)29)13-20(15(14)2)25-22(27)17-9-6-10-18(12-17)24-21(26)16-7-4-3-5-8-16/h6,9-13,16H,3-5,7-8H2,1-2H3,(H,24,26)(H,25,27)(H2,23,28,29). The Morgan fingerprint density at radius 3 is 2.37 bits per heavy atom. The summed E-state index contributed by atoms with van der Waals surface area (Å²) in [6, 6.07) is 9.52. The SMILES string of the molecule is Cc1cc(S(N)(=O)=O)cc(NC(=O)c2cccc(NC(=O)C3CCCCC3)c2)c1C. The lowest BCUT2D eigenvalue weighted by Gasteiger charge is -2.20. The van der Waals surface area contributed by atoms with E-state index in [1.54, 1.807) is 38.1 Å². The number of aryl methyl sites for hydroxylation is 1. The highest BCUT2D eigenvalue weighted by Gasteiger charge is 2.21. The summed E-state index contributed by atoms with van der Waals surface area (Å²) in [6.07, 6.45) is 5.09. The Labute approximate surface area is 177 Å². The fourth-order valence-corrected chi connectivity index (χ4v) is 4.29. The van der Waals surface area contributed by atoms with E-state index in [1.165, 1.54) is 18.6 Å². The van der Waals surface area contributed by atoms with Crippen LogP contribution in [0.2, 0.25) is 0 Å². The Bertz CT molecular complexity index is 1070. The molecule has 0 saturated heterocycles. The van der Waals surface area contributed by atoms with Gasteiger partial charge in [0.2, 0.25) is 15.9 Å². The van der Waals surface area contributed by atoms with E-state index in [-0.39, 0.29) is 16.7 Å². The number of anilines is 2. The van der Waals surface area contributed by atoms with Crippen molar-refractivity contribution in [3.63, 3.8) is 0 Å². The average molecular weight is 430 g/mol. The van der Waals surface area contributed by atoms with E-state index in [2.05, 4.69) is 10.6 Å². The topological polar surface area (TPSA) is 118 Å². The van der Waals surface area contributed by atoms with Crippen molar-refractivity contribution in [3.8, 4) is 0 Å². The average Bonchev–Trinajstić information content (AvgIpc) is 2.71. The molecule has 2 aromatic rings. The van der Waals surface area contributed by atoms with Gasteiger partial charge in [0.25, 0.3) is 5.91 Å². The van der Waals surface area contributed by atoms with Gasteiger partial charge in [-0.1, -0.05) is 25.3 Å².